The van der Waals surface area contributed by atoms with Gasteiger partial charge in [0.05, 0.1) is 11.1 Å². The number of hydrogen-bond acceptors (Lipinski definition) is 3. The van der Waals surface area contributed by atoms with E-state index in [1.165, 1.54) is 18.1 Å². The quantitative estimate of drug-likeness (QED) is 0.557. The highest BCUT2D eigenvalue weighted by atomic mass is 35.5. The minimum absolute atomic E-state index is 0.0196. The van der Waals surface area contributed by atoms with Gasteiger partial charge in [-0.25, -0.2) is 4.39 Å². The summed E-state index contributed by atoms with van der Waals surface area (Å²) < 4.78 is 13.3. The Balaban J connectivity index is 1.44. The van der Waals surface area contributed by atoms with Gasteiger partial charge in [-0.1, -0.05) is 29.8 Å². The van der Waals surface area contributed by atoms with Gasteiger partial charge < -0.3 is 10.6 Å². The molecule has 1 amide bonds. The number of halogens is 2. The van der Waals surface area contributed by atoms with Crippen molar-refractivity contribution in [1.82, 2.24) is 10.6 Å². The first-order valence-corrected chi connectivity index (χ1v) is 10.8. The molecule has 3 rings (SSSR count). The molecule has 1 fully saturated rings. The number of carbonyl (C=O) groups is 1. The number of nitrogens with zero attached hydrogens (tertiary/aromatic N) is 1. The number of nitrogens with one attached hydrogen (secondary N) is 2. The molecule has 2 aromatic rings. The molecule has 3 unspecified atom stereocenters. The molecular weight excluding hydrogens is 401 g/mol. The highest BCUT2D eigenvalue weighted by Gasteiger charge is 2.25. The first-order valence-electron chi connectivity index (χ1n) is 10.4. The molecule has 3 atom stereocenters. The maximum atomic E-state index is 13.3. The third-order valence-electron chi connectivity index (χ3n) is 5.96. The Kier molecular flexibility index (Phi) is 7.84. The van der Waals surface area contributed by atoms with Crippen molar-refractivity contribution in [2.45, 2.75) is 44.6 Å². The SMILES string of the molecule is CC(NCCC1CCC(c2ccc(C(=O)NCC#N)cc2)C1)c1ccc(F)c(Cl)c1. The van der Waals surface area contributed by atoms with Crippen LogP contribution in [0.4, 0.5) is 4.39 Å². The predicted molar refractivity (Wildman–Crippen MR) is 117 cm³/mol. The second-order valence-corrected chi connectivity index (χ2v) is 8.38. The van der Waals surface area contributed by atoms with Gasteiger partial charge in [0.15, 0.2) is 0 Å². The van der Waals surface area contributed by atoms with Crippen LogP contribution >= 0.6 is 11.6 Å². The Bertz CT molecular complexity index is 910. The van der Waals surface area contributed by atoms with Gasteiger partial charge in [0.25, 0.3) is 5.91 Å². The number of carbonyl (C=O) groups excluding carboxylic acids is 1. The molecule has 6 heteroatoms. The topological polar surface area (TPSA) is 64.9 Å². The molecule has 0 heterocycles. The second-order valence-electron chi connectivity index (χ2n) is 7.98. The predicted octanol–water partition coefficient (Wildman–Crippen LogP) is 5.36. The van der Waals surface area contributed by atoms with Crippen molar-refractivity contribution < 1.29 is 9.18 Å². The lowest BCUT2D eigenvalue weighted by atomic mass is 9.94. The lowest BCUT2D eigenvalue weighted by Crippen LogP contribution is -2.23. The van der Waals surface area contributed by atoms with E-state index in [0.29, 0.717) is 17.4 Å². The summed E-state index contributed by atoms with van der Waals surface area (Å²) in [7, 11) is 0. The van der Waals surface area contributed by atoms with E-state index in [9.17, 15) is 9.18 Å². The third-order valence-corrected chi connectivity index (χ3v) is 6.25. The standard InChI is InChI=1S/C24H27ClFN3O/c1-16(20-8-9-23(26)22(25)15-20)28-12-10-17-2-3-21(14-17)18-4-6-19(7-5-18)24(30)29-13-11-27/h4-9,15-17,21,28H,2-3,10,12-14H2,1H3,(H,29,30). The van der Waals surface area contributed by atoms with E-state index >= 15 is 0 Å². The zero-order valence-electron chi connectivity index (χ0n) is 17.1. The largest absolute Gasteiger partial charge is 0.339 e. The monoisotopic (exact) mass is 427 g/mol. The molecule has 0 spiro atoms. The lowest BCUT2D eigenvalue weighted by Gasteiger charge is -2.17. The van der Waals surface area contributed by atoms with Gasteiger partial charge in [0, 0.05) is 11.6 Å². The fourth-order valence-electron chi connectivity index (χ4n) is 4.17. The summed E-state index contributed by atoms with van der Waals surface area (Å²) in [5.74, 6) is 0.597. The summed E-state index contributed by atoms with van der Waals surface area (Å²) in [4.78, 5) is 11.9. The highest BCUT2D eigenvalue weighted by Crippen LogP contribution is 2.39. The molecule has 0 bridgehead atoms. The molecular formula is C24H27ClFN3O. The fraction of sp³-hybridized carbons (Fsp3) is 0.417. The summed E-state index contributed by atoms with van der Waals surface area (Å²) in [5.41, 5.74) is 2.85. The Morgan fingerprint density at radius 2 is 2.03 bits per heavy atom. The van der Waals surface area contributed by atoms with Crippen LogP contribution in [0.2, 0.25) is 5.02 Å². The van der Waals surface area contributed by atoms with E-state index in [-0.39, 0.29) is 29.3 Å². The van der Waals surface area contributed by atoms with Crippen LogP contribution < -0.4 is 10.6 Å². The van der Waals surface area contributed by atoms with E-state index in [2.05, 4.69) is 17.6 Å². The van der Waals surface area contributed by atoms with Crippen LogP contribution in [0, 0.1) is 23.1 Å². The summed E-state index contributed by atoms with van der Waals surface area (Å²) >= 11 is 5.88. The molecule has 0 aromatic heterocycles. The van der Waals surface area contributed by atoms with Gasteiger partial charge in [0.1, 0.15) is 12.4 Å². The Morgan fingerprint density at radius 1 is 1.27 bits per heavy atom. The third kappa shape index (κ3) is 5.81. The summed E-state index contributed by atoms with van der Waals surface area (Å²) in [6.07, 6.45) is 4.62. The summed E-state index contributed by atoms with van der Waals surface area (Å²) in [5, 5.41) is 14.8. The highest BCUT2D eigenvalue weighted by molar-refractivity contribution is 6.30. The van der Waals surface area contributed by atoms with Crippen molar-refractivity contribution in [3.05, 3.63) is 70.0 Å². The van der Waals surface area contributed by atoms with Crippen molar-refractivity contribution >= 4 is 17.5 Å². The molecule has 0 aliphatic heterocycles. The zero-order valence-corrected chi connectivity index (χ0v) is 17.9. The van der Waals surface area contributed by atoms with Crippen LogP contribution in [-0.4, -0.2) is 19.0 Å². The van der Waals surface area contributed by atoms with E-state index < -0.39 is 0 Å². The molecule has 1 aliphatic carbocycles. The average Bonchev–Trinajstić information content (AvgIpc) is 3.23. The van der Waals surface area contributed by atoms with Gasteiger partial charge in [-0.15, -0.1) is 0 Å². The Hall–Kier alpha value is -2.42. The van der Waals surface area contributed by atoms with Crippen LogP contribution in [0.5, 0.6) is 0 Å². The van der Waals surface area contributed by atoms with Crippen LogP contribution in [0.1, 0.15) is 66.1 Å². The lowest BCUT2D eigenvalue weighted by molar-refractivity contribution is 0.0958. The molecule has 2 N–H and O–H groups in total. The number of rotatable bonds is 8. The molecule has 1 aliphatic rings. The summed E-state index contributed by atoms with van der Waals surface area (Å²) in [6, 6.07) is 14.7. The van der Waals surface area contributed by atoms with E-state index in [4.69, 9.17) is 16.9 Å². The number of benzene rings is 2. The van der Waals surface area contributed by atoms with Crippen molar-refractivity contribution in [2.75, 3.05) is 13.1 Å². The van der Waals surface area contributed by atoms with Crippen molar-refractivity contribution in [3.63, 3.8) is 0 Å². The molecule has 158 valence electrons. The first kappa shape index (κ1) is 22.3. The number of amides is 1. The Labute approximate surface area is 182 Å². The maximum absolute atomic E-state index is 13.3. The van der Waals surface area contributed by atoms with Gasteiger partial charge in [-0.05, 0) is 86.4 Å². The van der Waals surface area contributed by atoms with Crippen molar-refractivity contribution in [3.8, 4) is 6.07 Å². The number of hydrogen-bond donors (Lipinski definition) is 2. The summed E-state index contributed by atoms with van der Waals surface area (Å²) in [6.45, 7) is 2.99. The van der Waals surface area contributed by atoms with Crippen molar-refractivity contribution in [2.24, 2.45) is 5.92 Å². The molecule has 0 radical (unpaired) electrons. The average molecular weight is 428 g/mol. The van der Waals surface area contributed by atoms with Gasteiger partial charge in [0.2, 0.25) is 0 Å². The molecule has 4 nitrogen and oxygen atoms in total. The molecule has 0 saturated heterocycles. The van der Waals surface area contributed by atoms with Crippen LogP contribution in [0.25, 0.3) is 0 Å². The van der Waals surface area contributed by atoms with Crippen LogP contribution in [0.3, 0.4) is 0 Å². The van der Waals surface area contributed by atoms with Gasteiger partial charge in [-0.2, -0.15) is 5.26 Å². The molecule has 2 aromatic carbocycles. The van der Waals surface area contributed by atoms with Crippen LogP contribution in [-0.2, 0) is 0 Å². The number of nitriles is 1. The van der Waals surface area contributed by atoms with Gasteiger partial charge in [-0.3, -0.25) is 4.79 Å². The van der Waals surface area contributed by atoms with E-state index in [1.807, 2.05) is 30.3 Å². The zero-order chi connectivity index (χ0) is 21.5. The van der Waals surface area contributed by atoms with E-state index in [1.54, 1.807) is 12.1 Å². The van der Waals surface area contributed by atoms with Gasteiger partial charge >= 0.3 is 0 Å². The maximum Gasteiger partial charge on any atom is 0.252 e. The molecule has 30 heavy (non-hydrogen) atoms. The minimum Gasteiger partial charge on any atom is -0.339 e. The first-order chi connectivity index (χ1) is 14.5. The second kappa shape index (κ2) is 10.6. The van der Waals surface area contributed by atoms with Crippen LogP contribution in [0.15, 0.2) is 42.5 Å². The van der Waals surface area contributed by atoms with Crippen molar-refractivity contribution in [1.29, 1.82) is 5.26 Å². The molecule has 1 saturated carbocycles. The smallest absolute Gasteiger partial charge is 0.252 e. The fourth-order valence-corrected chi connectivity index (χ4v) is 4.36. The Morgan fingerprint density at radius 3 is 2.73 bits per heavy atom. The van der Waals surface area contributed by atoms with E-state index in [0.717, 1.165) is 31.4 Å². The normalized spacial score (nSPS) is 19.3. The minimum atomic E-state index is -0.388.